The smallest absolute Gasteiger partial charge is 0.272 e. The third kappa shape index (κ3) is 6.88. The Morgan fingerprint density at radius 3 is 2.62 bits per heavy atom. The van der Waals surface area contributed by atoms with Gasteiger partial charge in [-0.2, -0.15) is 5.10 Å². The van der Waals surface area contributed by atoms with Gasteiger partial charge in [-0.05, 0) is 75.5 Å². The fraction of sp³-hybridized carbons (Fsp3) is 0.594. The average Bonchev–Trinajstić information content (AvgIpc) is 3.40. The lowest BCUT2D eigenvalue weighted by molar-refractivity contribution is -0.122. The lowest BCUT2D eigenvalue weighted by Crippen LogP contribution is -2.44. The van der Waals surface area contributed by atoms with Crippen LogP contribution in [0.15, 0.2) is 36.4 Å². The number of aromatic nitrogens is 2. The molecule has 0 spiro atoms. The maximum Gasteiger partial charge on any atom is 0.272 e. The van der Waals surface area contributed by atoms with Gasteiger partial charge in [-0.3, -0.25) is 14.3 Å². The van der Waals surface area contributed by atoms with Crippen molar-refractivity contribution in [2.45, 2.75) is 108 Å². The molecule has 2 amide bonds. The van der Waals surface area contributed by atoms with Crippen molar-refractivity contribution >= 4 is 11.8 Å². The number of aromatic hydroxyl groups is 1. The van der Waals surface area contributed by atoms with Crippen molar-refractivity contribution in [1.82, 2.24) is 20.4 Å². The molecular formula is C32H44N4O4. The Morgan fingerprint density at radius 1 is 1.10 bits per heavy atom. The van der Waals surface area contributed by atoms with E-state index in [1.807, 2.05) is 4.68 Å². The first kappa shape index (κ1) is 28.2. The summed E-state index contributed by atoms with van der Waals surface area (Å²) in [5.41, 5.74) is 1.43. The Labute approximate surface area is 237 Å². The van der Waals surface area contributed by atoms with E-state index in [0.29, 0.717) is 22.9 Å². The number of benzene rings is 1. The molecule has 2 aromatic rings. The summed E-state index contributed by atoms with van der Waals surface area (Å²) in [6.07, 6.45) is 18.8. The minimum absolute atomic E-state index is 0.0103. The van der Waals surface area contributed by atoms with Crippen LogP contribution in [0.5, 0.6) is 11.5 Å². The molecule has 1 aromatic heterocycles. The third-order valence-corrected chi connectivity index (χ3v) is 8.88. The number of nitrogens with one attached hydrogen (secondary N) is 2. The number of phenolic OH excluding ortho intramolecular Hbond substituents is 1. The number of hydrogen-bond donors (Lipinski definition) is 3. The molecule has 0 radical (unpaired) electrons. The summed E-state index contributed by atoms with van der Waals surface area (Å²) in [7, 11) is 1.57. The number of nitrogens with zero attached hydrogens (tertiary/aromatic N) is 2. The largest absolute Gasteiger partial charge is 0.507 e. The van der Waals surface area contributed by atoms with Crippen LogP contribution in [0, 0.1) is 5.92 Å². The standard InChI is InChI=1S/C32H44N4O4/c1-40-29-17-9-16-28(37)31(29)27-21-26(35-36(27)25-14-6-3-7-15-25)32(39)34-24(19-18-22-10-4-2-5-11-22)20-30(38)33-23-12-8-13-23/h6,9,14,16-17,21-25,37H,2-5,7-8,10-13,15,18-20H2,1H3,(H,33,38)(H,34,39)/t24-,25?/m0/s1. The highest BCUT2D eigenvalue weighted by atomic mass is 16.5. The lowest BCUT2D eigenvalue weighted by atomic mass is 9.85. The van der Waals surface area contributed by atoms with Crippen molar-refractivity contribution in [3.8, 4) is 22.8 Å². The highest BCUT2D eigenvalue weighted by Gasteiger charge is 2.28. The number of carbonyl (C=O) groups excluding carboxylic acids is 2. The molecule has 1 aromatic carbocycles. The number of phenols is 1. The first-order valence-corrected chi connectivity index (χ1v) is 15.2. The van der Waals surface area contributed by atoms with Crippen LogP contribution in [-0.2, 0) is 4.79 Å². The Bertz CT molecular complexity index is 1200. The van der Waals surface area contributed by atoms with E-state index in [-0.39, 0.29) is 47.8 Å². The maximum absolute atomic E-state index is 13.7. The molecule has 3 aliphatic rings. The van der Waals surface area contributed by atoms with Gasteiger partial charge in [0.2, 0.25) is 5.91 Å². The van der Waals surface area contributed by atoms with Crippen molar-refractivity contribution < 1.29 is 19.4 Å². The summed E-state index contributed by atoms with van der Waals surface area (Å²) < 4.78 is 7.41. The molecule has 0 bridgehead atoms. The molecule has 1 heterocycles. The highest BCUT2D eigenvalue weighted by Crippen LogP contribution is 2.40. The van der Waals surface area contributed by atoms with Gasteiger partial charge >= 0.3 is 0 Å². The van der Waals surface area contributed by atoms with E-state index in [9.17, 15) is 14.7 Å². The number of hydrogen-bond acceptors (Lipinski definition) is 5. The molecule has 216 valence electrons. The molecule has 2 atom stereocenters. The molecule has 0 aliphatic heterocycles. The quantitative estimate of drug-likeness (QED) is 0.296. The van der Waals surface area contributed by atoms with Crippen molar-refractivity contribution in [2.24, 2.45) is 5.92 Å². The topological polar surface area (TPSA) is 105 Å². The van der Waals surface area contributed by atoms with Gasteiger partial charge in [0.25, 0.3) is 5.91 Å². The third-order valence-electron chi connectivity index (χ3n) is 8.88. The zero-order valence-electron chi connectivity index (χ0n) is 23.7. The second-order valence-electron chi connectivity index (χ2n) is 11.8. The monoisotopic (exact) mass is 548 g/mol. The average molecular weight is 549 g/mol. The van der Waals surface area contributed by atoms with Crippen molar-refractivity contribution in [1.29, 1.82) is 0 Å². The minimum Gasteiger partial charge on any atom is -0.507 e. The van der Waals surface area contributed by atoms with Crippen LogP contribution in [0.25, 0.3) is 11.3 Å². The van der Waals surface area contributed by atoms with Gasteiger partial charge in [-0.15, -0.1) is 0 Å². The SMILES string of the molecule is COc1cccc(O)c1-c1cc(C(=O)N[C@@H](CCC2CCCCC2)CC(=O)NC2CCC2)nn1C1C=CCCC1. The van der Waals surface area contributed by atoms with Gasteiger partial charge < -0.3 is 20.5 Å². The first-order valence-electron chi connectivity index (χ1n) is 15.2. The van der Waals surface area contributed by atoms with Crippen molar-refractivity contribution in [2.75, 3.05) is 7.11 Å². The van der Waals surface area contributed by atoms with E-state index in [4.69, 9.17) is 9.84 Å². The molecule has 2 saturated carbocycles. The van der Waals surface area contributed by atoms with E-state index in [0.717, 1.165) is 51.4 Å². The second-order valence-corrected chi connectivity index (χ2v) is 11.8. The van der Waals surface area contributed by atoms with Crippen LogP contribution in [-0.4, -0.2) is 45.9 Å². The van der Waals surface area contributed by atoms with E-state index in [2.05, 4.69) is 22.8 Å². The summed E-state index contributed by atoms with van der Waals surface area (Å²) >= 11 is 0. The molecule has 2 fully saturated rings. The molecule has 8 nitrogen and oxygen atoms in total. The van der Waals surface area contributed by atoms with Crippen LogP contribution in [0.3, 0.4) is 0 Å². The fourth-order valence-electron chi connectivity index (χ4n) is 6.35. The van der Waals surface area contributed by atoms with Crippen LogP contribution in [0.1, 0.15) is 106 Å². The molecule has 5 rings (SSSR count). The van der Waals surface area contributed by atoms with Gasteiger partial charge in [0, 0.05) is 18.5 Å². The number of methoxy groups -OCH3 is 1. The lowest BCUT2D eigenvalue weighted by Gasteiger charge is -2.28. The summed E-state index contributed by atoms with van der Waals surface area (Å²) in [4.78, 5) is 26.5. The zero-order chi connectivity index (χ0) is 27.9. The molecular weight excluding hydrogens is 504 g/mol. The molecule has 40 heavy (non-hydrogen) atoms. The highest BCUT2D eigenvalue weighted by molar-refractivity contribution is 5.94. The predicted molar refractivity (Wildman–Crippen MR) is 155 cm³/mol. The summed E-state index contributed by atoms with van der Waals surface area (Å²) in [5, 5.41) is 21.9. The van der Waals surface area contributed by atoms with Gasteiger partial charge in [0.05, 0.1) is 24.4 Å². The zero-order valence-corrected chi connectivity index (χ0v) is 23.7. The van der Waals surface area contributed by atoms with Crippen molar-refractivity contribution in [3.63, 3.8) is 0 Å². The Kier molecular flexibility index (Phi) is 9.45. The Hall–Kier alpha value is -3.29. The summed E-state index contributed by atoms with van der Waals surface area (Å²) in [6.45, 7) is 0. The first-order chi connectivity index (χ1) is 19.5. The fourth-order valence-corrected chi connectivity index (χ4v) is 6.35. The van der Waals surface area contributed by atoms with Crippen LogP contribution in [0.4, 0.5) is 0 Å². The maximum atomic E-state index is 13.7. The Morgan fingerprint density at radius 2 is 1.93 bits per heavy atom. The molecule has 0 saturated heterocycles. The van der Waals surface area contributed by atoms with Gasteiger partial charge in [-0.25, -0.2) is 0 Å². The van der Waals surface area contributed by atoms with E-state index in [1.165, 1.54) is 32.1 Å². The van der Waals surface area contributed by atoms with Gasteiger partial charge in [0.1, 0.15) is 11.5 Å². The van der Waals surface area contributed by atoms with E-state index < -0.39 is 0 Å². The molecule has 3 N–H and O–H groups in total. The second kappa shape index (κ2) is 13.4. The number of rotatable bonds is 11. The minimum atomic E-state index is -0.292. The van der Waals surface area contributed by atoms with Gasteiger partial charge in [-0.1, -0.05) is 50.3 Å². The number of allylic oxidation sites excluding steroid dienone is 2. The number of carbonyl (C=O) groups is 2. The van der Waals surface area contributed by atoms with E-state index in [1.54, 1.807) is 31.4 Å². The molecule has 1 unspecified atom stereocenters. The van der Waals surface area contributed by atoms with Crippen LogP contribution < -0.4 is 15.4 Å². The van der Waals surface area contributed by atoms with E-state index >= 15 is 0 Å². The number of amides is 2. The Balaban J connectivity index is 1.38. The normalized spacial score (nSPS) is 20.5. The van der Waals surface area contributed by atoms with Crippen LogP contribution in [0.2, 0.25) is 0 Å². The van der Waals surface area contributed by atoms with Crippen LogP contribution >= 0.6 is 0 Å². The van der Waals surface area contributed by atoms with Gasteiger partial charge in [0.15, 0.2) is 5.69 Å². The predicted octanol–water partition coefficient (Wildman–Crippen LogP) is 6.06. The number of ether oxygens (including phenoxy) is 1. The summed E-state index contributed by atoms with van der Waals surface area (Å²) in [5.74, 6) is 0.979. The van der Waals surface area contributed by atoms with Crippen molar-refractivity contribution in [3.05, 3.63) is 42.1 Å². The summed E-state index contributed by atoms with van der Waals surface area (Å²) in [6, 6.07) is 6.89. The molecule has 8 heteroatoms. The molecule has 3 aliphatic carbocycles.